The molecule has 0 spiro atoms. The highest BCUT2D eigenvalue weighted by atomic mass is 32.1. The summed E-state index contributed by atoms with van der Waals surface area (Å²) >= 11 is 1.37. The Bertz CT molecular complexity index is 498. The van der Waals surface area contributed by atoms with Crippen molar-refractivity contribution in [3.63, 3.8) is 0 Å². The molecule has 3 nitrogen and oxygen atoms in total. The van der Waals surface area contributed by atoms with Crippen LogP contribution < -0.4 is 10.5 Å². The van der Waals surface area contributed by atoms with Gasteiger partial charge in [0, 0.05) is 16.6 Å². The lowest BCUT2D eigenvalue weighted by Crippen LogP contribution is -1.93. The van der Waals surface area contributed by atoms with E-state index in [1.54, 1.807) is 5.38 Å². The second-order valence-electron chi connectivity index (χ2n) is 3.16. The molecule has 0 saturated carbocycles. The van der Waals surface area contributed by atoms with Gasteiger partial charge in [0.05, 0.1) is 12.3 Å². The number of hydrogen-bond donors (Lipinski definition) is 1. The first-order valence-electron chi connectivity index (χ1n) is 4.84. The summed E-state index contributed by atoms with van der Waals surface area (Å²) < 4.78 is 18.3. The number of ether oxygens (including phenoxy) is 1. The molecule has 1 aromatic heterocycles. The van der Waals surface area contributed by atoms with Crippen molar-refractivity contribution < 1.29 is 9.13 Å². The van der Waals surface area contributed by atoms with Crippen LogP contribution in [0.15, 0.2) is 23.6 Å². The summed E-state index contributed by atoms with van der Waals surface area (Å²) in [5, 5.41) is 2.37. The second kappa shape index (κ2) is 4.49. The molecule has 2 N–H and O–H groups in total. The molecule has 2 aromatic rings. The molecule has 16 heavy (non-hydrogen) atoms. The minimum absolute atomic E-state index is 0.324. The molecule has 84 valence electrons. The molecule has 0 fully saturated rings. The standard InChI is InChI=1S/C11H11FN2OS/c1-2-15-11-14-10(6-16-11)8-5-7(12)3-4-9(8)13/h3-6H,2,13H2,1H3. The molecule has 1 aromatic carbocycles. The normalized spacial score (nSPS) is 10.4. The summed E-state index contributed by atoms with van der Waals surface area (Å²) in [5.41, 5.74) is 7.51. The number of nitrogen functional groups attached to an aromatic ring is 1. The number of nitrogens with zero attached hydrogens (tertiary/aromatic N) is 1. The minimum atomic E-state index is -0.324. The van der Waals surface area contributed by atoms with Crippen molar-refractivity contribution in [2.75, 3.05) is 12.3 Å². The van der Waals surface area contributed by atoms with E-state index >= 15 is 0 Å². The number of rotatable bonds is 3. The summed E-state index contributed by atoms with van der Waals surface area (Å²) in [5.74, 6) is -0.324. The van der Waals surface area contributed by atoms with Crippen LogP contribution in [0, 0.1) is 5.82 Å². The fourth-order valence-electron chi connectivity index (χ4n) is 1.32. The average molecular weight is 238 g/mol. The predicted molar refractivity (Wildman–Crippen MR) is 63.1 cm³/mol. The zero-order valence-corrected chi connectivity index (χ0v) is 9.55. The summed E-state index contributed by atoms with van der Waals surface area (Å²) in [6.45, 7) is 2.45. The highest BCUT2D eigenvalue weighted by molar-refractivity contribution is 7.11. The van der Waals surface area contributed by atoms with E-state index in [2.05, 4.69) is 4.98 Å². The third kappa shape index (κ3) is 2.14. The number of hydrogen-bond acceptors (Lipinski definition) is 4. The van der Waals surface area contributed by atoms with E-state index in [1.165, 1.54) is 29.5 Å². The lowest BCUT2D eigenvalue weighted by atomic mass is 10.1. The number of nitrogens with two attached hydrogens (primary N) is 1. The number of anilines is 1. The molecular weight excluding hydrogens is 227 g/mol. The van der Waals surface area contributed by atoms with Crippen LogP contribution in [-0.4, -0.2) is 11.6 Å². The molecule has 5 heteroatoms. The van der Waals surface area contributed by atoms with Crippen molar-refractivity contribution in [3.8, 4) is 16.5 Å². The van der Waals surface area contributed by atoms with Crippen molar-refractivity contribution in [2.45, 2.75) is 6.92 Å². The zero-order chi connectivity index (χ0) is 11.5. The Morgan fingerprint density at radius 3 is 3.06 bits per heavy atom. The van der Waals surface area contributed by atoms with E-state index in [0.717, 1.165) is 0 Å². The summed E-state index contributed by atoms with van der Waals surface area (Å²) in [6.07, 6.45) is 0. The first kappa shape index (κ1) is 10.9. The summed E-state index contributed by atoms with van der Waals surface area (Å²) in [4.78, 5) is 4.22. The Hall–Kier alpha value is -1.62. The highest BCUT2D eigenvalue weighted by Crippen LogP contribution is 2.30. The van der Waals surface area contributed by atoms with Gasteiger partial charge in [0.15, 0.2) is 0 Å². The van der Waals surface area contributed by atoms with Crippen molar-refractivity contribution in [1.82, 2.24) is 4.98 Å². The van der Waals surface area contributed by atoms with E-state index in [4.69, 9.17) is 10.5 Å². The van der Waals surface area contributed by atoms with E-state index in [9.17, 15) is 4.39 Å². The van der Waals surface area contributed by atoms with Gasteiger partial charge in [-0.2, -0.15) is 0 Å². The number of benzene rings is 1. The highest BCUT2D eigenvalue weighted by Gasteiger charge is 2.09. The number of thiazole rings is 1. The van der Waals surface area contributed by atoms with Crippen molar-refractivity contribution in [3.05, 3.63) is 29.4 Å². The van der Waals surface area contributed by atoms with E-state index in [0.29, 0.717) is 28.7 Å². The maximum atomic E-state index is 13.1. The molecule has 0 aliphatic rings. The number of aromatic nitrogens is 1. The minimum Gasteiger partial charge on any atom is -0.470 e. The second-order valence-corrected chi connectivity index (χ2v) is 3.98. The summed E-state index contributed by atoms with van der Waals surface area (Å²) in [6, 6.07) is 4.24. The lowest BCUT2D eigenvalue weighted by Gasteiger charge is -2.01. The van der Waals surface area contributed by atoms with Gasteiger partial charge in [-0.3, -0.25) is 0 Å². The van der Waals surface area contributed by atoms with Gasteiger partial charge in [0.1, 0.15) is 5.82 Å². The van der Waals surface area contributed by atoms with Crippen LogP contribution >= 0.6 is 11.3 Å². The van der Waals surface area contributed by atoms with Gasteiger partial charge in [0.2, 0.25) is 0 Å². The topological polar surface area (TPSA) is 48.1 Å². The third-order valence-electron chi connectivity index (χ3n) is 2.04. The van der Waals surface area contributed by atoms with Gasteiger partial charge >= 0.3 is 0 Å². The van der Waals surface area contributed by atoms with Crippen LogP contribution in [0.2, 0.25) is 0 Å². The Balaban J connectivity index is 2.38. The van der Waals surface area contributed by atoms with E-state index in [1.807, 2.05) is 6.92 Å². The SMILES string of the molecule is CCOc1nc(-c2cc(F)ccc2N)cs1. The Labute approximate surface area is 96.7 Å². The van der Waals surface area contributed by atoms with Crippen molar-refractivity contribution >= 4 is 17.0 Å². The first-order valence-corrected chi connectivity index (χ1v) is 5.72. The fraction of sp³-hybridized carbons (Fsp3) is 0.182. The molecule has 0 saturated heterocycles. The Kier molecular flexibility index (Phi) is 3.05. The van der Waals surface area contributed by atoms with Gasteiger partial charge in [-0.15, -0.1) is 0 Å². The summed E-state index contributed by atoms with van der Waals surface area (Å²) in [7, 11) is 0. The van der Waals surface area contributed by atoms with Crippen LogP contribution in [0.3, 0.4) is 0 Å². The predicted octanol–water partition coefficient (Wildman–Crippen LogP) is 2.93. The molecular formula is C11H11FN2OS. The molecule has 0 amide bonds. The lowest BCUT2D eigenvalue weighted by molar-refractivity contribution is 0.338. The van der Waals surface area contributed by atoms with Gasteiger partial charge in [-0.05, 0) is 25.1 Å². The Morgan fingerprint density at radius 1 is 1.50 bits per heavy atom. The largest absolute Gasteiger partial charge is 0.470 e. The third-order valence-corrected chi connectivity index (χ3v) is 2.79. The smallest absolute Gasteiger partial charge is 0.273 e. The fourth-order valence-corrected chi connectivity index (χ4v) is 2.05. The van der Waals surface area contributed by atoms with Crippen molar-refractivity contribution in [1.29, 1.82) is 0 Å². The molecule has 0 atom stereocenters. The zero-order valence-electron chi connectivity index (χ0n) is 8.74. The van der Waals surface area contributed by atoms with Crippen LogP contribution in [0.25, 0.3) is 11.3 Å². The average Bonchev–Trinajstić information content (AvgIpc) is 2.71. The Morgan fingerprint density at radius 2 is 2.31 bits per heavy atom. The van der Waals surface area contributed by atoms with E-state index in [-0.39, 0.29) is 5.82 Å². The maximum absolute atomic E-state index is 13.1. The molecule has 2 rings (SSSR count). The molecule has 1 heterocycles. The maximum Gasteiger partial charge on any atom is 0.273 e. The molecule has 0 bridgehead atoms. The van der Waals surface area contributed by atoms with Crippen LogP contribution in [0.4, 0.5) is 10.1 Å². The molecule has 0 unspecified atom stereocenters. The molecule has 0 aliphatic carbocycles. The molecule has 0 radical (unpaired) electrons. The molecule has 0 aliphatic heterocycles. The van der Waals surface area contributed by atoms with Crippen LogP contribution in [-0.2, 0) is 0 Å². The van der Waals surface area contributed by atoms with Gasteiger partial charge in [-0.25, -0.2) is 9.37 Å². The monoisotopic (exact) mass is 238 g/mol. The van der Waals surface area contributed by atoms with Gasteiger partial charge in [-0.1, -0.05) is 11.3 Å². The van der Waals surface area contributed by atoms with Gasteiger partial charge < -0.3 is 10.5 Å². The van der Waals surface area contributed by atoms with Crippen molar-refractivity contribution in [2.24, 2.45) is 0 Å². The number of halogens is 1. The quantitative estimate of drug-likeness (QED) is 0.836. The van der Waals surface area contributed by atoms with Gasteiger partial charge in [0.25, 0.3) is 5.19 Å². The van der Waals surface area contributed by atoms with Crippen LogP contribution in [0.5, 0.6) is 5.19 Å². The van der Waals surface area contributed by atoms with E-state index < -0.39 is 0 Å². The van der Waals surface area contributed by atoms with Crippen LogP contribution in [0.1, 0.15) is 6.92 Å². The first-order chi connectivity index (χ1) is 7.70.